The Labute approximate surface area is 116 Å². The van der Waals surface area contributed by atoms with E-state index in [9.17, 15) is 0 Å². The van der Waals surface area contributed by atoms with Gasteiger partial charge in [0.1, 0.15) is 0 Å². The molecule has 0 aliphatic rings. The van der Waals surface area contributed by atoms with Gasteiger partial charge in [-0.2, -0.15) is 0 Å². The first-order chi connectivity index (χ1) is 9.13. The number of aryl methyl sites for hydroxylation is 1. The lowest BCUT2D eigenvalue weighted by atomic mass is 9.90. The maximum Gasteiger partial charge on any atom is -0.0149 e. The van der Waals surface area contributed by atoms with Crippen molar-refractivity contribution in [2.75, 3.05) is 0 Å². The summed E-state index contributed by atoms with van der Waals surface area (Å²) in [6, 6.07) is 17.3. The van der Waals surface area contributed by atoms with Gasteiger partial charge in [0, 0.05) is 0 Å². The summed E-state index contributed by atoms with van der Waals surface area (Å²) >= 11 is 0. The molecule has 0 heterocycles. The van der Waals surface area contributed by atoms with Crippen LogP contribution in [0.5, 0.6) is 0 Å². The van der Waals surface area contributed by atoms with Crippen molar-refractivity contribution in [1.82, 2.24) is 0 Å². The second-order valence-corrected chi connectivity index (χ2v) is 5.27. The van der Waals surface area contributed by atoms with E-state index < -0.39 is 0 Å². The third kappa shape index (κ3) is 2.96. The van der Waals surface area contributed by atoms with E-state index >= 15 is 0 Å². The summed E-state index contributed by atoms with van der Waals surface area (Å²) in [7, 11) is 0. The Kier molecular flexibility index (Phi) is 4.21. The molecule has 98 valence electrons. The Balaban J connectivity index is 2.38. The van der Waals surface area contributed by atoms with Crippen molar-refractivity contribution in [3.8, 4) is 0 Å². The molecule has 0 spiro atoms. The topological polar surface area (TPSA) is 0 Å². The number of benzene rings is 2. The Hall–Kier alpha value is -1.82. The van der Waals surface area contributed by atoms with Gasteiger partial charge in [0.2, 0.25) is 0 Å². The van der Waals surface area contributed by atoms with E-state index in [-0.39, 0.29) is 0 Å². The molecule has 0 aliphatic heterocycles. The molecule has 0 heteroatoms. The van der Waals surface area contributed by atoms with Crippen LogP contribution in [0.3, 0.4) is 0 Å². The molecule has 0 amide bonds. The highest BCUT2D eigenvalue weighted by atomic mass is 14.1. The Morgan fingerprint density at radius 2 is 1.63 bits per heavy atom. The molecule has 0 aliphatic carbocycles. The van der Waals surface area contributed by atoms with Crippen LogP contribution in [0.25, 0.3) is 5.57 Å². The molecule has 19 heavy (non-hydrogen) atoms. The van der Waals surface area contributed by atoms with Crippen LogP contribution in [-0.4, -0.2) is 0 Å². The smallest absolute Gasteiger partial charge is 0.0149 e. The van der Waals surface area contributed by atoms with E-state index in [1.54, 1.807) is 0 Å². The van der Waals surface area contributed by atoms with Crippen LogP contribution < -0.4 is 0 Å². The van der Waals surface area contributed by atoms with Crippen LogP contribution in [0.1, 0.15) is 48.9 Å². The van der Waals surface area contributed by atoms with Crippen molar-refractivity contribution in [3.05, 3.63) is 77.4 Å². The number of hydrogen-bond donors (Lipinski definition) is 0. The second-order valence-electron chi connectivity index (χ2n) is 5.27. The van der Waals surface area contributed by atoms with Gasteiger partial charge in [-0.15, -0.1) is 0 Å². The van der Waals surface area contributed by atoms with Gasteiger partial charge >= 0.3 is 0 Å². The van der Waals surface area contributed by atoms with Gasteiger partial charge in [-0.3, -0.25) is 0 Å². The minimum Gasteiger partial charge on any atom is -0.0905 e. The van der Waals surface area contributed by atoms with Gasteiger partial charge in [-0.05, 0) is 40.2 Å². The normalized spacial score (nSPS) is 10.7. The first-order valence-corrected chi connectivity index (χ1v) is 7.01. The maximum atomic E-state index is 4.29. The van der Waals surface area contributed by atoms with Crippen LogP contribution in [0.4, 0.5) is 0 Å². The zero-order valence-electron chi connectivity index (χ0n) is 12.1. The standard InChI is InChI=1S/C19H22/c1-5-16-10-12-17(13-11-16)15(4)19-9-7-6-8-18(19)14(2)3/h6-14H,4-5H2,1-3H3. The molecule has 0 atom stereocenters. The highest BCUT2D eigenvalue weighted by Gasteiger charge is 2.09. The first kappa shape index (κ1) is 13.6. The summed E-state index contributed by atoms with van der Waals surface area (Å²) in [5.74, 6) is 0.517. The van der Waals surface area contributed by atoms with Crippen molar-refractivity contribution >= 4 is 5.57 Å². The maximum absolute atomic E-state index is 4.29. The van der Waals surface area contributed by atoms with Crippen LogP contribution in [0.15, 0.2) is 55.1 Å². The highest BCUT2D eigenvalue weighted by molar-refractivity contribution is 5.80. The largest absolute Gasteiger partial charge is 0.0905 e. The molecule has 0 saturated carbocycles. The first-order valence-electron chi connectivity index (χ1n) is 7.01. The van der Waals surface area contributed by atoms with Crippen molar-refractivity contribution in [2.24, 2.45) is 0 Å². The second kappa shape index (κ2) is 5.88. The predicted octanol–water partition coefficient (Wildman–Crippen LogP) is 5.43. The molecule has 0 N–H and O–H groups in total. The molecule has 0 aromatic heterocycles. The molecule has 0 nitrogen and oxygen atoms in total. The molecule has 0 bridgehead atoms. The summed E-state index contributed by atoms with van der Waals surface area (Å²) in [5, 5.41) is 0. The Bertz CT molecular complexity index is 559. The fourth-order valence-corrected chi connectivity index (χ4v) is 2.37. The van der Waals surface area contributed by atoms with Crippen LogP contribution in [-0.2, 0) is 6.42 Å². The van der Waals surface area contributed by atoms with E-state index in [0.717, 1.165) is 12.0 Å². The molecule has 2 rings (SSSR count). The molecular formula is C19H22. The zero-order valence-corrected chi connectivity index (χ0v) is 12.1. The monoisotopic (exact) mass is 250 g/mol. The van der Waals surface area contributed by atoms with Gasteiger partial charge in [0.05, 0.1) is 0 Å². The quantitative estimate of drug-likeness (QED) is 0.678. The van der Waals surface area contributed by atoms with Gasteiger partial charge < -0.3 is 0 Å². The molecule has 2 aromatic carbocycles. The van der Waals surface area contributed by atoms with E-state index in [1.165, 1.54) is 22.3 Å². The molecule has 0 saturated heterocycles. The van der Waals surface area contributed by atoms with Crippen LogP contribution in [0.2, 0.25) is 0 Å². The molecule has 2 aromatic rings. The third-order valence-corrected chi connectivity index (χ3v) is 3.62. The summed E-state index contributed by atoms with van der Waals surface area (Å²) in [6.45, 7) is 10.9. The summed E-state index contributed by atoms with van der Waals surface area (Å²) in [4.78, 5) is 0. The van der Waals surface area contributed by atoms with Crippen LogP contribution in [0, 0.1) is 0 Å². The van der Waals surface area contributed by atoms with E-state index in [1.807, 2.05) is 0 Å². The van der Waals surface area contributed by atoms with Crippen LogP contribution >= 0.6 is 0 Å². The lowest BCUT2D eigenvalue weighted by Crippen LogP contribution is -1.96. The number of hydrogen-bond acceptors (Lipinski definition) is 0. The van der Waals surface area contributed by atoms with Crippen molar-refractivity contribution in [1.29, 1.82) is 0 Å². The minimum atomic E-state index is 0.517. The van der Waals surface area contributed by atoms with Crippen molar-refractivity contribution < 1.29 is 0 Å². The number of rotatable bonds is 4. The molecule has 0 radical (unpaired) electrons. The molecule has 0 fully saturated rings. The van der Waals surface area contributed by atoms with E-state index in [0.29, 0.717) is 5.92 Å². The average molecular weight is 250 g/mol. The molecule has 0 unspecified atom stereocenters. The predicted molar refractivity (Wildman–Crippen MR) is 84.5 cm³/mol. The van der Waals surface area contributed by atoms with Gasteiger partial charge in [0.15, 0.2) is 0 Å². The van der Waals surface area contributed by atoms with Crippen molar-refractivity contribution in [2.45, 2.75) is 33.1 Å². The van der Waals surface area contributed by atoms with Gasteiger partial charge in [-0.25, -0.2) is 0 Å². The van der Waals surface area contributed by atoms with E-state index in [4.69, 9.17) is 0 Å². The fourth-order valence-electron chi connectivity index (χ4n) is 2.37. The third-order valence-electron chi connectivity index (χ3n) is 3.62. The summed E-state index contributed by atoms with van der Waals surface area (Å²) < 4.78 is 0. The van der Waals surface area contributed by atoms with Gasteiger partial charge in [0.25, 0.3) is 0 Å². The van der Waals surface area contributed by atoms with Gasteiger partial charge in [-0.1, -0.05) is 75.9 Å². The SMILES string of the molecule is C=C(c1ccc(CC)cc1)c1ccccc1C(C)C. The highest BCUT2D eigenvalue weighted by Crippen LogP contribution is 2.29. The Morgan fingerprint density at radius 1 is 1.00 bits per heavy atom. The summed E-state index contributed by atoms with van der Waals surface area (Å²) in [6.07, 6.45) is 1.08. The summed E-state index contributed by atoms with van der Waals surface area (Å²) in [5.41, 5.74) is 6.33. The van der Waals surface area contributed by atoms with Crippen molar-refractivity contribution in [3.63, 3.8) is 0 Å². The lowest BCUT2D eigenvalue weighted by Gasteiger charge is -2.15. The minimum absolute atomic E-state index is 0.517. The zero-order chi connectivity index (χ0) is 13.8. The van der Waals surface area contributed by atoms with E-state index in [2.05, 4.69) is 75.9 Å². The fraction of sp³-hybridized carbons (Fsp3) is 0.263. The lowest BCUT2D eigenvalue weighted by molar-refractivity contribution is 0.863. The Morgan fingerprint density at radius 3 is 2.21 bits per heavy atom. The average Bonchev–Trinajstić information content (AvgIpc) is 2.46. The molecular weight excluding hydrogens is 228 g/mol.